The molecule has 2 aliphatic rings. The van der Waals surface area contributed by atoms with Crippen molar-refractivity contribution in [2.24, 2.45) is 0 Å². The fourth-order valence-electron chi connectivity index (χ4n) is 2.84. The first-order valence-electron chi connectivity index (χ1n) is 6.16. The normalized spacial score (nSPS) is 24.4. The molecule has 2 atom stereocenters. The van der Waals surface area contributed by atoms with Crippen molar-refractivity contribution in [3.8, 4) is 0 Å². The summed E-state index contributed by atoms with van der Waals surface area (Å²) in [6.45, 7) is 0.496. The Labute approximate surface area is 108 Å². The van der Waals surface area contributed by atoms with Crippen molar-refractivity contribution in [2.75, 3.05) is 6.61 Å². The number of hydrogen-bond acceptors (Lipinski definition) is 4. The lowest BCUT2D eigenvalue weighted by molar-refractivity contribution is -0.0708. The van der Waals surface area contributed by atoms with Crippen LogP contribution < -0.4 is 0 Å². The van der Waals surface area contributed by atoms with Crippen LogP contribution in [-0.4, -0.2) is 28.8 Å². The quantitative estimate of drug-likeness (QED) is 0.845. The van der Waals surface area contributed by atoms with Gasteiger partial charge in [0.2, 0.25) is 6.29 Å². The van der Waals surface area contributed by atoms with Crippen molar-refractivity contribution >= 4 is 16.9 Å². The Morgan fingerprint density at radius 1 is 1.37 bits per heavy atom. The molecule has 1 aromatic heterocycles. The molecule has 3 heterocycles. The summed E-state index contributed by atoms with van der Waals surface area (Å²) < 4.78 is 11.1. The maximum Gasteiger partial charge on any atom is 0.336 e. The highest BCUT2D eigenvalue weighted by Gasteiger charge is 2.38. The highest BCUT2D eigenvalue weighted by Crippen LogP contribution is 2.38. The third-order valence-corrected chi connectivity index (χ3v) is 3.64. The van der Waals surface area contributed by atoms with Crippen molar-refractivity contribution in [3.63, 3.8) is 0 Å². The molecule has 2 aromatic rings. The number of carboxylic acid groups (broad SMARTS) is 1. The SMILES string of the molecule is O=C(O)c1c2c(nc3ccccc13)[C@@H]1OC[C@H](C2)O1. The van der Waals surface area contributed by atoms with Gasteiger partial charge in [0.15, 0.2) is 0 Å². The van der Waals surface area contributed by atoms with Crippen LogP contribution in [-0.2, 0) is 15.9 Å². The third-order valence-electron chi connectivity index (χ3n) is 3.64. The first-order valence-corrected chi connectivity index (χ1v) is 6.16. The third kappa shape index (κ3) is 1.49. The van der Waals surface area contributed by atoms with E-state index in [9.17, 15) is 9.90 Å². The number of aromatic carboxylic acids is 1. The molecule has 1 aromatic carbocycles. The van der Waals surface area contributed by atoms with Crippen LogP contribution in [0.1, 0.15) is 27.9 Å². The standard InChI is InChI=1S/C14H11NO4/c16-13(17)11-8-3-1-2-4-10(8)15-12-9(11)5-7-6-18-14(12)19-7/h1-4,7,14H,5-6H2,(H,16,17)/t7-,14+/m0/s1. The monoisotopic (exact) mass is 257 g/mol. The zero-order valence-electron chi connectivity index (χ0n) is 10.00. The lowest BCUT2D eigenvalue weighted by Crippen LogP contribution is -2.23. The molecule has 0 saturated carbocycles. The molecule has 0 amide bonds. The Balaban J connectivity index is 2.09. The zero-order chi connectivity index (χ0) is 13.0. The van der Waals surface area contributed by atoms with Crippen molar-refractivity contribution in [3.05, 3.63) is 41.1 Å². The first kappa shape index (κ1) is 10.9. The van der Waals surface area contributed by atoms with Gasteiger partial charge in [0.25, 0.3) is 0 Å². The Morgan fingerprint density at radius 3 is 3.05 bits per heavy atom. The van der Waals surface area contributed by atoms with Crippen LogP contribution in [0.25, 0.3) is 10.9 Å². The Morgan fingerprint density at radius 2 is 2.21 bits per heavy atom. The fourth-order valence-corrected chi connectivity index (χ4v) is 2.84. The van der Waals surface area contributed by atoms with E-state index < -0.39 is 12.3 Å². The zero-order valence-corrected chi connectivity index (χ0v) is 10.00. The summed E-state index contributed by atoms with van der Waals surface area (Å²) in [5, 5.41) is 10.2. The lowest BCUT2D eigenvalue weighted by Gasteiger charge is -2.23. The van der Waals surface area contributed by atoms with Gasteiger partial charge in [-0.25, -0.2) is 9.78 Å². The van der Waals surface area contributed by atoms with Gasteiger partial charge in [0.05, 0.1) is 23.8 Å². The van der Waals surface area contributed by atoms with Crippen LogP contribution in [0.15, 0.2) is 24.3 Å². The van der Waals surface area contributed by atoms with Crippen LogP contribution in [0.5, 0.6) is 0 Å². The maximum atomic E-state index is 11.6. The van der Waals surface area contributed by atoms with Gasteiger partial charge in [-0.2, -0.15) is 0 Å². The van der Waals surface area contributed by atoms with Crippen LogP contribution in [0.4, 0.5) is 0 Å². The average Bonchev–Trinajstić information content (AvgIpc) is 2.79. The summed E-state index contributed by atoms with van der Waals surface area (Å²) in [6, 6.07) is 7.27. The van der Waals surface area contributed by atoms with Gasteiger partial charge in [-0.15, -0.1) is 0 Å². The van der Waals surface area contributed by atoms with Gasteiger partial charge >= 0.3 is 5.97 Å². The number of para-hydroxylation sites is 1. The molecule has 1 N–H and O–H groups in total. The van der Waals surface area contributed by atoms with Crippen LogP contribution in [0, 0.1) is 0 Å². The van der Waals surface area contributed by atoms with Gasteiger partial charge in [0, 0.05) is 11.8 Å². The molecule has 1 fully saturated rings. The second-order valence-electron chi connectivity index (χ2n) is 4.80. The van der Waals surface area contributed by atoms with Crippen molar-refractivity contribution in [1.82, 2.24) is 4.98 Å². The highest BCUT2D eigenvalue weighted by molar-refractivity contribution is 6.04. The molecule has 0 radical (unpaired) electrons. The largest absolute Gasteiger partial charge is 0.478 e. The molecule has 0 unspecified atom stereocenters. The van der Waals surface area contributed by atoms with E-state index in [2.05, 4.69) is 4.98 Å². The minimum absolute atomic E-state index is 0.0569. The minimum atomic E-state index is -0.920. The Hall–Kier alpha value is -1.98. The molecule has 4 rings (SSSR count). The summed E-state index contributed by atoms with van der Waals surface area (Å²) in [6.07, 6.45) is -0.0271. The molecule has 5 heteroatoms. The average molecular weight is 257 g/mol. The number of hydrogen-bond donors (Lipinski definition) is 1. The van der Waals surface area contributed by atoms with Crippen LogP contribution in [0.3, 0.4) is 0 Å². The van der Waals surface area contributed by atoms with Crippen molar-refractivity contribution in [2.45, 2.75) is 18.8 Å². The van der Waals surface area contributed by atoms with E-state index in [0.29, 0.717) is 35.2 Å². The molecule has 5 nitrogen and oxygen atoms in total. The highest BCUT2D eigenvalue weighted by atomic mass is 16.7. The summed E-state index contributed by atoms with van der Waals surface area (Å²) in [5.74, 6) is -0.920. The number of pyridine rings is 1. The molecule has 2 bridgehead atoms. The molecule has 0 aliphatic carbocycles. The van der Waals surface area contributed by atoms with Crippen LogP contribution in [0.2, 0.25) is 0 Å². The molecule has 0 spiro atoms. The topological polar surface area (TPSA) is 68.7 Å². The Bertz CT molecular complexity index is 697. The number of carboxylic acids is 1. The van der Waals surface area contributed by atoms with Gasteiger partial charge in [-0.3, -0.25) is 0 Å². The predicted octanol–water partition coefficient (Wildman–Crippen LogP) is 1.90. The molecule has 2 aliphatic heterocycles. The number of fused-ring (bicyclic) bond motifs is 5. The second kappa shape index (κ2) is 3.76. The lowest BCUT2D eigenvalue weighted by atomic mass is 9.95. The van der Waals surface area contributed by atoms with Gasteiger partial charge in [-0.1, -0.05) is 18.2 Å². The van der Waals surface area contributed by atoms with Gasteiger partial charge in [-0.05, 0) is 11.6 Å². The number of nitrogens with zero attached hydrogens (tertiary/aromatic N) is 1. The fraction of sp³-hybridized carbons (Fsp3) is 0.286. The number of carbonyl (C=O) groups is 1. The summed E-state index contributed by atoms with van der Waals surface area (Å²) in [4.78, 5) is 16.1. The predicted molar refractivity (Wildman–Crippen MR) is 66.0 cm³/mol. The molecule has 1 saturated heterocycles. The first-order chi connectivity index (χ1) is 9.24. The van der Waals surface area contributed by atoms with Crippen molar-refractivity contribution < 1.29 is 19.4 Å². The molecule has 96 valence electrons. The van der Waals surface area contributed by atoms with E-state index in [1.165, 1.54) is 0 Å². The minimum Gasteiger partial charge on any atom is -0.478 e. The molecular weight excluding hydrogens is 246 g/mol. The molecular formula is C14H11NO4. The Kier molecular flexibility index (Phi) is 2.15. The van der Waals surface area contributed by atoms with E-state index in [1.54, 1.807) is 6.07 Å². The number of benzene rings is 1. The maximum absolute atomic E-state index is 11.6. The number of aromatic nitrogens is 1. The smallest absolute Gasteiger partial charge is 0.336 e. The van der Waals surface area contributed by atoms with Crippen molar-refractivity contribution in [1.29, 1.82) is 0 Å². The summed E-state index contributed by atoms with van der Waals surface area (Å²) in [7, 11) is 0. The number of ether oxygens (including phenoxy) is 2. The van der Waals surface area contributed by atoms with E-state index in [1.807, 2.05) is 18.2 Å². The van der Waals surface area contributed by atoms with Gasteiger partial charge < -0.3 is 14.6 Å². The summed E-state index contributed by atoms with van der Waals surface area (Å²) in [5.41, 5.74) is 2.37. The van der Waals surface area contributed by atoms with E-state index in [-0.39, 0.29) is 6.10 Å². The molecule has 19 heavy (non-hydrogen) atoms. The summed E-state index contributed by atoms with van der Waals surface area (Å²) >= 11 is 0. The number of rotatable bonds is 1. The van der Waals surface area contributed by atoms with Gasteiger partial charge in [0.1, 0.15) is 5.69 Å². The second-order valence-corrected chi connectivity index (χ2v) is 4.80. The van der Waals surface area contributed by atoms with E-state index >= 15 is 0 Å². The van der Waals surface area contributed by atoms with Crippen LogP contribution >= 0.6 is 0 Å². The van der Waals surface area contributed by atoms with E-state index in [4.69, 9.17) is 9.47 Å². The van der Waals surface area contributed by atoms with E-state index in [0.717, 1.165) is 5.56 Å².